The van der Waals surface area contributed by atoms with Gasteiger partial charge in [0.15, 0.2) is 0 Å². The van der Waals surface area contributed by atoms with E-state index >= 15 is 0 Å². The van der Waals surface area contributed by atoms with Crippen LogP contribution in [0.2, 0.25) is 0 Å². The Morgan fingerprint density at radius 2 is 1.50 bits per heavy atom. The third-order valence-corrected chi connectivity index (χ3v) is 5.98. The molecule has 2 nitrogen and oxygen atoms in total. The molecule has 4 aromatic carbocycles. The molecule has 0 atom stereocenters. The molecule has 164 valence electrons. The highest BCUT2D eigenvalue weighted by atomic mass is 15.2. The van der Waals surface area contributed by atoms with Crippen LogP contribution >= 0.6 is 0 Å². The Balaban J connectivity index is 1.68. The lowest BCUT2D eigenvalue weighted by molar-refractivity contribution is 1.16. The van der Waals surface area contributed by atoms with E-state index < -0.39 is 0 Å². The highest BCUT2D eigenvalue weighted by molar-refractivity contribution is 5.82. The van der Waals surface area contributed by atoms with Crippen LogP contribution in [0.15, 0.2) is 139 Å². The summed E-state index contributed by atoms with van der Waals surface area (Å²) in [6, 6.07) is 36.1. The van der Waals surface area contributed by atoms with Gasteiger partial charge >= 0.3 is 0 Å². The van der Waals surface area contributed by atoms with Gasteiger partial charge in [0, 0.05) is 46.6 Å². The van der Waals surface area contributed by atoms with Crippen molar-refractivity contribution in [3.05, 3.63) is 150 Å². The van der Waals surface area contributed by atoms with Gasteiger partial charge in [0.25, 0.3) is 0 Å². The van der Waals surface area contributed by atoms with Gasteiger partial charge in [0.1, 0.15) is 0 Å². The molecule has 0 unspecified atom stereocenters. The van der Waals surface area contributed by atoms with Gasteiger partial charge in [-0.1, -0.05) is 78.7 Å². The minimum absolute atomic E-state index is 0.792. The second kappa shape index (κ2) is 9.57. The van der Waals surface area contributed by atoms with Crippen LogP contribution in [0.3, 0.4) is 0 Å². The van der Waals surface area contributed by atoms with Gasteiger partial charge in [-0.2, -0.15) is 0 Å². The lowest BCUT2D eigenvalue weighted by atomic mass is 10.1. The summed E-state index contributed by atoms with van der Waals surface area (Å²) in [6.45, 7) is 6.51. The predicted octanol–water partition coefficient (Wildman–Crippen LogP) is 8.54. The summed E-state index contributed by atoms with van der Waals surface area (Å²) in [7, 11) is 0. The third kappa shape index (κ3) is 4.25. The first-order chi connectivity index (χ1) is 16.7. The van der Waals surface area contributed by atoms with E-state index in [4.69, 9.17) is 0 Å². The number of rotatable bonds is 4. The third-order valence-electron chi connectivity index (χ3n) is 5.98. The molecular weight excluding hydrogens is 412 g/mol. The van der Waals surface area contributed by atoms with Gasteiger partial charge in [-0.15, -0.1) is 0 Å². The molecule has 0 amide bonds. The van der Waals surface area contributed by atoms with E-state index in [2.05, 4.69) is 132 Å². The molecule has 2 heteroatoms. The lowest BCUT2D eigenvalue weighted by Crippen LogP contribution is -2.17. The molecule has 1 aliphatic rings. The molecule has 0 bridgehead atoms. The van der Waals surface area contributed by atoms with E-state index in [1.807, 2.05) is 18.2 Å². The van der Waals surface area contributed by atoms with E-state index in [-0.39, 0.29) is 0 Å². The van der Waals surface area contributed by atoms with Crippen molar-refractivity contribution in [1.29, 1.82) is 0 Å². The van der Waals surface area contributed by atoms with Crippen LogP contribution in [0.5, 0.6) is 0 Å². The maximum Gasteiger partial charge on any atom is 0.0497 e. The van der Waals surface area contributed by atoms with Crippen molar-refractivity contribution in [2.45, 2.75) is 13.3 Å². The van der Waals surface area contributed by atoms with Crippen molar-refractivity contribution in [1.82, 2.24) is 0 Å². The Hall–Kier alpha value is -4.48. The first kappa shape index (κ1) is 21.4. The summed E-state index contributed by atoms with van der Waals surface area (Å²) in [5.41, 5.74) is 15.0. The van der Waals surface area contributed by atoms with Crippen LogP contribution in [0.1, 0.15) is 11.1 Å². The van der Waals surface area contributed by atoms with E-state index in [1.54, 1.807) is 0 Å². The van der Waals surface area contributed by atoms with Gasteiger partial charge in [0.2, 0.25) is 0 Å². The van der Waals surface area contributed by atoms with E-state index in [0.29, 0.717) is 0 Å². The average Bonchev–Trinajstić information content (AvgIpc) is 2.95. The van der Waals surface area contributed by atoms with Gasteiger partial charge in [-0.05, 0) is 66.6 Å². The Morgan fingerprint density at radius 1 is 0.765 bits per heavy atom. The molecule has 0 spiro atoms. The van der Waals surface area contributed by atoms with Gasteiger partial charge < -0.3 is 9.80 Å². The molecule has 0 fully saturated rings. The van der Waals surface area contributed by atoms with Gasteiger partial charge in [-0.25, -0.2) is 0 Å². The van der Waals surface area contributed by atoms with E-state index in [1.165, 1.54) is 11.1 Å². The van der Waals surface area contributed by atoms with Crippen molar-refractivity contribution in [3.63, 3.8) is 0 Å². The topological polar surface area (TPSA) is 6.48 Å². The number of anilines is 5. The van der Waals surface area contributed by atoms with Gasteiger partial charge in [0.05, 0.1) is 0 Å². The first-order valence-electron chi connectivity index (χ1n) is 11.5. The van der Waals surface area contributed by atoms with Gasteiger partial charge in [-0.3, -0.25) is 0 Å². The van der Waals surface area contributed by atoms with E-state index in [9.17, 15) is 0 Å². The lowest BCUT2D eigenvalue weighted by Gasteiger charge is -2.30. The second-order valence-electron chi connectivity index (χ2n) is 8.27. The van der Waals surface area contributed by atoms with Crippen molar-refractivity contribution in [3.8, 4) is 0 Å². The number of aryl methyl sites for hydroxylation is 1. The largest absolute Gasteiger partial charge is 0.310 e. The molecule has 0 N–H and O–H groups in total. The zero-order valence-corrected chi connectivity index (χ0v) is 19.3. The Bertz CT molecular complexity index is 1430. The molecule has 0 radical (unpaired) electrons. The van der Waals surface area contributed by atoms with Crippen LogP contribution in [0, 0.1) is 6.92 Å². The monoisotopic (exact) mass is 438 g/mol. The maximum absolute atomic E-state index is 4.36. The predicted molar refractivity (Wildman–Crippen MR) is 143 cm³/mol. The summed E-state index contributed by atoms with van der Waals surface area (Å²) in [4.78, 5) is 4.51. The summed E-state index contributed by atoms with van der Waals surface area (Å²) in [5.74, 6) is 0. The SMILES string of the molecule is C=C1C=C=C=CCc2ccccc2N1c1cccc(N(c2ccccc2)c2ccccc2C)c1. The van der Waals surface area contributed by atoms with Crippen LogP contribution < -0.4 is 9.80 Å². The Kier molecular flexibility index (Phi) is 6.01. The number of fused-ring (bicyclic) bond motifs is 1. The van der Waals surface area contributed by atoms with Crippen molar-refractivity contribution in [2.24, 2.45) is 0 Å². The zero-order valence-electron chi connectivity index (χ0n) is 19.3. The number of benzene rings is 4. The van der Waals surface area contributed by atoms with Crippen molar-refractivity contribution >= 4 is 28.4 Å². The highest BCUT2D eigenvalue weighted by Gasteiger charge is 2.19. The number of para-hydroxylation sites is 3. The molecule has 1 heterocycles. The van der Waals surface area contributed by atoms with E-state index in [0.717, 1.165) is 40.6 Å². The minimum Gasteiger partial charge on any atom is -0.310 e. The molecular formula is C32H26N2. The normalized spacial score (nSPS) is 12.6. The standard InChI is InChI=1S/C32H26N2/c1-25-14-9-11-22-31(25)34(28-18-7-4-8-19-28)30-21-13-20-29(24-30)33-26(2)15-5-3-6-16-27-17-10-12-23-32(27)33/h4,6-15,17-24H,2,16H2,1H3. The van der Waals surface area contributed by atoms with Crippen LogP contribution in [0.4, 0.5) is 28.4 Å². The van der Waals surface area contributed by atoms with Crippen LogP contribution in [0.25, 0.3) is 0 Å². The number of nitrogens with zero attached hydrogens (tertiary/aromatic N) is 2. The molecule has 4 aromatic rings. The van der Waals surface area contributed by atoms with Crippen molar-refractivity contribution in [2.75, 3.05) is 9.80 Å². The maximum atomic E-state index is 4.36. The summed E-state index contributed by atoms with van der Waals surface area (Å²) < 4.78 is 0. The molecule has 0 saturated carbocycles. The first-order valence-corrected chi connectivity index (χ1v) is 11.5. The fourth-order valence-electron chi connectivity index (χ4n) is 4.36. The fourth-order valence-corrected chi connectivity index (χ4v) is 4.36. The molecule has 34 heavy (non-hydrogen) atoms. The number of allylic oxidation sites excluding steroid dienone is 2. The fraction of sp³-hybridized carbons (Fsp3) is 0.0625. The van der Waals surface area contributed by atoms with Crippen LogP contribution in [-0.4, -0.2) is 0 Å². The molecule has 0 aliphatic carbocycles. The molecule has 5 rings (SSSR count). The average molecular weight is 439 g/mol. The quantitative estimate of drug-likeness (QED) is 0.295. The van der Waals surface area contributed by atoms with Crippen LogP contribution in [-0.2, 0) is 6.42 Å². The second-order valence-corrected chi connectivity index (χ2v) is 8.27. The molecule has 0 saturated heterocycles. The molecule has 0 aromatic heterocycles. The Morgan fingerprint density at radius 3 is 2.35 bits per heavy atom. The smallest absolute Gasteiger partial charge is 0.0497 e. The summed E-state index contributed by atoms with van der Waals surface area (Å²) >= 11 is 0. The summed E-state index contributed by atoms with van der Waals surface area (Å²) in [5, 5.41) is 0. The van der Waals surface area contributed by atoms with Crippen molar-refractivity contribution < 1.29 is 0 Å². The summed E-state index contributed by atoms with van der Waals surface area (Å²) in [6.07, 6.45) is 4.69. The zero-order chi connectivity index (χ0) is 23.3. The minimum atomic E-state index is 0.792. The number of hydrogen-bond acceptors (Lipinski definition) is 2. The molecule has 1 aliphatic heterocycles. The Labute approximate surface area is 201 Å². The highest BCUT2D eigenvalue weighted by Crippen LogP contribution is 2.40. The number of hydrogen-bond donors (Lipinski definition) is 0.